The molecule has 5 nitrogen and oxygen atoms in total. The lowest BCUT2D eigenvalue weighted by atomic mass is 9.93. The first-order valence-electron chi connectivity index (χ1n) is 4.28. The van der Waals surface area contributed by atoms with Gasteiger partial charge in [-0.2, -0.15) is 0 Å². The molecule has 1 unspecified atom stereocenters. The Balaban J connectivity index is 3.08. The zero-order valence-corrected chi connectivity index (χ0v) is 7.88. The molecule has 4 N–H and O–H groups in total. The first-order valence-corrected chi connectivity index (χ1v) is 4.28. The number of aliphatic hydroxyl groups is 1. The molecule has 1 aromatic carbocycles. The lowest BCUT2D eigenvalue weighted by molar-refractivity contribution is -0.152. The van der Waals surface area contributed by atoms with Gasteiger partial charge in [-0.25, -0.2) is 4.79 Å². The fraction of sp³-hybridized carbons (Fsp3) is 0.200. The SMILES string of the molecule is NCC(O)(C(=O)O)C(=O)c1ccccc1. The molecule has 0 amide bonds. The maximum Gasteiger partial charge on any atom is 0.345 e. The number of hydrogen-bond acceptors (Lipinski definition) is 4. The standard InChI is InChI=1S/C10H11NO4/c11-6-10(15,9(13)14)8(12)7-4-2-1-3-5-7/h1-5,15H,6,11H2,(H,13,14). The van der Waals surface area contributed by atoms with Crippen molar-refractivity contribution < 1.29 is 19.8 Å². The molecule has 0 aliphatic carbocycles. The Morgan fingerprint density at radius 3 is 2.20 bits per heavy atom. The topological polar surface area (TPSA) is 101 Å². The van der Waals surface area contributed by atoms with Crippen molar-refractivity contribution in [3.63, 3.8) is 0 Å². The summed E-state index contributed by atoms with van der Waals surface area (Å²) in [6, 6.07) is 7.68. The Morgan fingerprint density at radius 2 is 1.80 bits per heavy atom. The first kappa shape index (κ1) is 11.4. The number of aliphatic carboxylic acids is 1. The fourth-order valence-corrected chi connectivity index (χ4v) is 1.11. The van der Waals surface area contributed by atoms with Gasteiger partial charge in [-0.15, -0.1) is 0 Å². The summed E-state index contributed by atoms with van der Waals surface area (Å²) in [4.78, 5) is 22.3. The number of Topliss-reactive ketones (excluding diaryl/α,β-unsaturated/α-hetero) is 1. The van der Waals surface area contributed by atoms with Gasteiger partial charge in [0.25, 0.3) is 0 Å². The molecule has 0 radical (unpaired) electrons. The second-order valence-corrected chi connectivity index (χ2v) is 3.06. The van der Waals surface area contributed by atoms with Gasteiger partial charge in [0.2, 0.25) is 11.4 Å². The van der Waals surface area contributed by atoms with E-state index < -0.39 is 23.9 Å². The van der Waals surface area contributed by atoms with E-state index in [-0.39, 0.29) is 5.56 Å². The molecule has 1 aromatic rings. The minimum Gasteiger partial charge on any atom is -0.479 e. The van der Waals surface area contributed by atoms with Gasteiger partial charge in [0.05, 0.1) is 0 Å². The molecule has 5 heteroatoms. The quantitative estimate of drug-likeness (QED) is 0.464. The number of carbonyl (C=O) groups is 2. The Kier molecular flexibility index (Phi) is 3.18. The van der Waals surface area contributed by atoms with Crippen molar-refractivity contribution in [1.82, 2.24) is 0 Å². The van der Waals surface area contributed by atoms with Crippen LogP contribution in [0.15, 0.2) is 30.3 Å². The van der Waals surface area contributed by atoms with E-state index in [1.165, 1.54) is 12.1 Å². The Labute approximate surface area is 86.1 Å². The normalized spacial score (nSPS) is 14.3. The average molecular weight is 209 g/mol. The predicted octanol–water partition coefficient (Wildman–Crippen LogP) is -0.356. The zero-order valence-electron chi connectivity index (χ0n) is 7.88. The van der Waals surface area contributed by atoms with Crippen LogP contribution in [-0.2, 0) is 4.79 Å². The molecule has 0 saturated heterocycles. The molecule has 0 bridgehead atoms. The van der Waals surface area contributed by atoms with Gasteiger partial charge in [0, 0.05) is 12.1 Å². The molecule has 15 heavy (non-hydrogen) atoms. The van der Waals surface area contributed by atoms with Crippen molar-refractivity contribution in [2.24, 2.45) is 5.73 Å². The van der Waals surface area contributed by atoms with Gasteiger partial charge in [-0.3, -0.25) is 4.79 Å². The maximum atomic E-state index is 11.6. The van der Waals surface area contributed by atoms with Crippen LogP contribution in [0.25, 0.3) is 0 Å². The second kappa shape index (κ2) is 4.20. The second-order valence-electron chi connectivity index (χ2n) is 3.06. The van der Waals surface area contributed by atoms with Gasteiger partial charge in [0.15, 0.2) is 0 Å². The smallest absolute Gasteiger partial charge is 0.345 e. The van der Waals surface area contributed by atoms with Crippen molar-refractivity contribution in [1.29, 1.82) is 0 Å². The molecule has 0 fully saturated rings. The monoisotopic (exact) mass is 209 g/mol. The molecule has 0 aromatic heterocycles. The lowest BCUT2D eigenvalue weighted by Gasteiger charge is -2.19. The number of nitrogens with two attached hydrogens (primary N) is 1. The summed E-state index contributed by atoms with van der Waals surface area (Å²) >= 11 is 0. The van der Waals surface area contributed by atoms with E-state index in [1.807, 2.05) is 0 Å². The summed E-state index contributed by atoms with van der Waals surface area (Å²) in [7, 11) is 0. The minimum atomic E-state index is -2.54. The summed E-state index contributed by atoms with van der Waals surface area (Å²) in [5.74, 6) is -2.54. The molecular weight excluding hydrogens is 198 g/mol. The molecule has 0 spiro atoms. The van der Waals surface area contributed by atoms with E-state index >= 15 is 0 Å². The van der Waals surface area contributed by atoms with Crippen molar-refractivity contribution in [2.45, 2.75) is 5.60 Å². The maximum absolute atomic E-state index is 11.6. The van der Waals surface area contributed by atoms with E-state index in [0.717, 1.165) is 0 Å². The highest BCUT2D eigenvalue weighted by Crippen LogP contribution is 2.12. The predicted molar refractivity (Wildman–Crippen MR) is 52.4 cm³/mol. The first-order chi connectivity index (χ1) is 7.02. The third kappa shape index (κ3) is 2.03. The van der Waals surface area contributed by atoms with Gasteiger partial charge in [-0.1, -0.05) is 30.3 Å². The number of benzene rings is 1. The molecule has 1 rings (SSSR count). The van der Waals surface area contributed by atoms with Crippen molar-refractivity contribution in [2.75, 3.05) is 6.54 Å². The van der Waals surface area contributed by atoms with E-state index in [2.05, 4.69) is 0 Å². The van der Waals surface area contributed by atoms with Gasteiger partial charge in [-0.05, 0) is 0 Å². The van der Waals surface area contributed by atoms with Crippen LogP contribution in [0.2, 0.25) is 0 Å². The molecule has 0 aliphatic rings. The van der Waals surface area contributed by atoms with E-state index in [9.17, 15) is 14.7 Å². The minimum absolute atomic E-state index is 0.118. The summed E-state index contributed by atoms with van der Waals surface area (Å²) in [6.45, 7) is -0.657. The van der Waals surface area contributed by atoms with Crippen LogP contribution in [0, 0.1) is 0 Å². The van der Waals surface area contributed by atoms with Crippen molar-refractivity contribution in [3.05, 3.63) is 35.9 Å². The van der Waals surface area contributed by atoms with Crippen LogP contribution >= 0.6 is 0 Å². The third-order valence-electron chi connectivity index (χ3n) is 2.06. The Bertz CT molecular complexity index is 376. The van der Waals surface area contributed by atoms with E-state index in [1.54, 1.807) is 18.2 Å². The number of carboxylic acid groups (broad SMARTS) is 1. The molecule has 1 atom stereocenters. The fourth-order valence-electron chi connectivity index (χ4n) is 1.11. The summed E-state index contributed by atoms with van der Waals surface area (Å²) in [5.41, 5.74) is 2.67. The molecule has 80 valence electrons. The summed E-state index contributed by atoms with van der Waals surface area (Å²) in [5, 5.41) is 18.3. The molecule has 0 heterocycles. The van der Waals surface area contributed by atoms with Gasteiger partial charge >= 0.3 is 5.97 Å². The number of ketones is 1. The van der Waals surface area contributed by atoms with Crippen LogP contribution in [0.1, 0.15) is 10.4 Å². The van der Waals surface area contributed by atoms with Crippen LogP contribution in [0.5, 0.6) is 0 Å². The van der Waals surface area contributed by atoms with E-state index in [0.29, 0.717) is 0 Å². The van der Waals surface area contributed by atoms with E-state index in [4.69, 9.17) is 10.8 Å². The number of rotatable bonds is 4. The van der Waals surface area contributed by atoms with Gasteiger partial charge in [0.1, 0.15) is 0 Å². The van der Waals surface area contributed by atoms with Crippen molar-refractivity contribution >= 4 is 11.8 Å². The van der Waals surface area contributed by atoms with Crippen LogP contribution < -0.4 is 5.73 Å². The average Bonchev–Trinajstić information content (AvgIpc) is 2.28. The molecular formula is C10H11NO4. The highest BCUT2D eigenvalue weighted by molar-refractivity contribution is 6.14. The van der Waals surface area contributed by atoms with Crippen molar-refractivity contribution in [3.8, 4) is 0 Å². The highest BCUT2D eigenvalue weighted by atomic mass is 16.4. The molecule has 0 aliphatic heterocycles. The van der Waals surface area contributed by atoms with Crippen LogP contribution in [0.3, 0.4) is 0 Å². The zero-order chi connectivity index (χ0) is 11.5. The summed E-state index contributed by atoms with van der Waals surface area (Å²) < 4.78 is 0. The number of hydrogen-bond donors (Lipinski definition) is 3. The Hall–Kier alpha value is -1.72. The largest absolute Gasteiger partial charge is 0.479 e. The lowest BCUT2D eigenvalue weighted by Crippen LogP contribution is -2.52. The highest BCUT2D eigenvalue weighted by Gasteiger charge is 2.43. The summed E-state index contributed by atoms with van der Waals surface area (Å²) in [6.07, 6.45) is 0. The third-order valence-corrected chi connectivity index (χ3v) is 2.06. The van der Waals surface area contributed by atoms with Crippen LogP contribution in [-0.4, -0.2) is 34.1 Å². The molecule has 0 saturated carbocycles. The Morgan fingerprint density at radius 1 is 1.27 bits per heavy atom. The van der Waals surface area contributed by atoms with Gasteiger partial charge < -0.3 is 15.9 Å². The van der Waals surface area contributed by atoms with Crippen LogP contribution in [0.4, 0.5) is 0 Å². The number of carbonyl (C=O) groups excluding carboxylic acids is 1. The number of carboxylic acids is 1.